The lowest BCUT2D eigenvalue weighted by Crippen LogP contribution is -2.28. The largest absolute Gasteiger partial charge is 0.289 e. The van der Waals surface area contributed by atoms with Gasteiger partial charge in [-0.05, 0) is 46.6 Å². The van der Waals surface area contributed by atoms with Gasteiger partial charge in [-0.2, -0.15) is 5.11 Å². The number of carbonyl (C=O) groups is 1. The first-order valence-electron chi connectivity index (χ1n) is 9.81. The fourth-order valence-electron chi connectivity index (χ4n) is 3.14. The van der Waals surface area contributed by atoms with Crippen molar-refractivity contribution in [2.24, 2.45) is 21.1 Å². The minimum Gasteiger partial charge on any atom is -0.289 e. The quantitative estimate of drug-likeness (QED) is 0.482. The summed E-state index contributed by atoms with van der Waals surface area (Å²) in [5.74, 6) is 0.124. The van der Waals surface area contributed by atoms with E-state index in [1.54, 1.807) is 11.3 Å². The number of Topliss-reactive ketones (excluding diaryl/α,β-unsaturated/α-hetero) is 1. The van der Waals surface area contributed by atoms with Gasteiger partial charge in [0, 0.05) is 16.7 Å². The van der Waals surface area contributed by atoms with Crippen molar-refractivity contribution in [3.05, 3.63) is 81.6 Å². The van der Waals surface area contributed by atoms with Crippen molar-refractivity contribution in [2.75, 3.05) is 0 Å². The maximum absolute atomic E-state index is 13.2. The predicted molar refractivity (Wildman–Crippen MR) is 122 cm³/mol. The zero-order valence-electron chi connectivity index (χ0n) is 18.0. The van der Waals surface area contributed by atoms with E-state index in [0.717, 1.165) is 33.0 Å². The first-order chi connectivity index (χ1) is 13.6. The van der Waals surface area contributed by atoms with Crippen LogP contribution in [-0.2, 0) is 4.79 Å². The highest BCUT2D eigenvalue weighted by Crippen LogP contribution is 2.41. The highest BCUT2D eigenvalue weighted by Gasteiger charge is 2.34. The summed E-state index contributed by atoms with van der Waals surface area (Å²) in [6.45, 7) is 12.5. The maximum Gasteiger partial charge on any atom is 0.186 e. The van der Waals surface area contributed by atoms with Crippen molar-refractivity contribution in [1.82, 2.24) is 0 Å². The highest BCUT2D eigenvalue weighted by molar-refractivity contribution is 7.11. The van der Waals surface area contributed by atoms with Crippen LogP contribution in [0.5, 0.6) is 0 Å². The molecule has 0 atom stereocenters. The van der Waals surface area contributed by atoms with E-state index in [9.17, 15) is 4.79 Å². The molecule has 0 bridgehead atoms. The van der Waals surface area contributed by atoms with Gasteiger partial charge >= 0.3 is 0 Å². The third-order valence-electron chi connectivity index (χ3n) is 4.75. The van der Waals surface area contributed by atoms with Crippen molar-refractivity contribution >= 4 is 28.5 Å². The molecule has 0 unspecified atom stereocenters. The summed E-state index contributed by atoms with van der Waals surface area (Å²) in [5.41, 5.74) is 3.62. The Morgan fingerprint density at radius 1 is 0.828 bits per heavy atom. The van der Waals surface area contributed by atoms with Gasteiger partial charge in [0.15, 0.2) is 5.78 Å². The molecule has 1 heterocycles. The smallest absolute Gasteiger partial charge is 0.186 e. The third-order valence-corrected chi connectivity index (χ3v) is 5.63. The van der Waals surface area contributed by atoms with Gasteiger partial charge in [0.1, 0.15) is 5.70 Å². The summed E-state index contributed by atoms with van der Waals surface area (Å²) in [7, 11) is 0. The van der Waals surface area contributed by atoms with Crippen molar-refractivity contribution in [2.45, 2.75) is 41.5 Å². The molecule has 1 aromatic carbocycles. The number of benzene rings is 1. The molecule has 0 spiro atoms. The molecule has 0 fully saturated rings. The van der Waals surface area contributed by atoms with Crippen LogP contribution >= 0.6 is 11.3 Å². The number of rotatable bonds is 3. The third kappa shape index (κ3) is 4.88. The summed E-state index contributed by atoms with van der Waals surface area (Å²) < 4.78 is 0. The fraction of sp³-hybridized carbons (Fsp3) is 0.320. The summed E-state index contributed by atoms with van der Waals surface area (Å²) in [5, 5.41) is 11.1. The van der Waals surface area contributed by atoms with Gasteiger partial charge in [-0.3, -0.25) is 4.79 Å². The lowest BCUT2D eigenvalue weighted by molar-refractivity contribution is -0.114. The monoisotopic (exact) mass is 404 g/mol. The standard InChI is InChI=1S/C25H28N2OS/c1-24(2,3)19-15-17(16-20(23(19)28)25(4,5)6)22(21-13-10-14-29-21)27-26-18-11-8-7-9-12-18/h7-16H,1-6H3. The topological polar surface area (TPSA) is 41.8 Å². The molecule has 1 aliphatic carbocycles. The molecule has 0 aliphatic heterocycles. The molecule has 4 heteroatoms. The van der Waals surface area contributed by atoms with E-state index < -0.39 is 0 Å². The second-order valence-electron chi connectivity index (χ2n) is 9.26. The van der Waals surface area contributed by atoms with Crippen molar-refractivity contribution in [3.63, 3.8) is 0 Å². The van der Waals surface area contributed by atoms with Crippen molar-refractivity contribution < 1.29 is 4.79 Å². The molecule has 29 heavy (non-hydrogen) atoms. The van der Waals surface area contributed by atoms with Crippen LogP contribution in [0.15, 0.2) is 86.9 Å². The van der Waals surface area contributed by atoms with E-state index in [1.165, 1.54) is 0 Å². The van der Waals surface area contributed by atoms with Crippen LogP contribution in [0.25, 0.3) is 5.70 Å². The Morgan fingerprint density at radius 3 is 1.90 bits per heavy atom. The highest BCUT2D eigenvalue weighted by atomic mass is 32.1. The first-order valence-corrected chi connectivity index (χ1v) is 10.7. The molecular formula is C25H28N2OS. The van der Waals surface area contributed by atoms with Crippen LogP contribution in [0.3, 0.4) is 0 Å². The molecule has 0 N–H and O–H groups in total. The minimum atomic E-state index is -0.260. The van der Waals surface area contributed by atoms with E-state index in [1.807, 2.05) is 60.0 Å². The number of hydrogen-bond donors (Lipinski definition) is 0. The number of carbonyl (C=O) groups excluding carboxylic acids is 1. The summed E-state index contributed by atoms with van der Waals surface area (Å²) in [4.78, 5) is 14.3. The number of thiophene rings is 1. The molecule has 1 aromatic heterocycles. The van der Waals surface area contributed by atoms with Gasteiger partial charge in [0.25, 0.3) is 0 Å². The molecule has 150 valence electrons. The van der Waals surface area contributed by atoms with Crippen LogP contribution in [0.4, 0.5) is 5.69 Å². The van der Waals surface area contributed by atoms with Crippen LogP contribution in [0.1, 0.15) is 46.4 Å². The van der Waals surface area contributed by atoms with Gasteiger partial charge in [0.05, 0.1) is 10.6 Å². The Hall–Kier alpha value is -2.59. The molecule has 0 saturated heterocycles. The minimum absolute atomic E-state index is 0.124. The second kappa shape index (κ2) is 8.03. The van der Waals surface area contributed by atoms with E-state index >= 15 is 0 Å². The molecule has 0 saturated carbocycles. The van der Waals surface area contributed by atoms with Crippen LogP contribution < -0.4 is 0 Å². The lowest BCUT2D eigenvalue weighted by Gasteiger charge is -2.31. The van der Waals surface area contributed by atoms with Gasteiger partial charge in [-0.25, -0.2) is 0 Å². The van der Waals surface area contributed by atoms with Crippen molar-refractivity contribution in [1.29, 1.82) is 0 Å². The maximum atomic E-state index is 13.2. The SMILES string of the molecule is CC(C)(C)C1=CC(=C(N=Nc2ccccc2)c2cccs2)C=C(C(C)(C)C)C1=O. The Morgan fingerprint density at radius 2 is 1.41 bits per heavy atom. The molecule has 1 aliphatic rings. The average Bonchev–Trinajstić information content (AvgIpc) is 3.16. The van der Waals surface area contributed by atoms with E-state index in [-0.39, 0.29) is 16.6 Å². The molecule has 0 amide bonds. The molecule has 2 aromatic rings. The Balaban J connectivity index is 2.24. The Bertz CT molecular complexity index is 973. The summed E-state index contributed by atoms with van der Waals surface area (Å²) in [6, 6.07) is 13.8. The van der Waals surface area contributed by atoms with E-state index in [4.69, 9.17) is 0 Å². The summed E-state index contributed by atoms with van der Waals surface area (Å²) in [6.07, 6.45) is 3.99. The number of azo groups is 1. The van der Waals surface area contributed by atoms with Crippen LogP contribution in [0, 0.1) is 10.8 Å². The zero-order valence-corrected chi connectivity index (χ0v) is 18.8. The predicted octanol–water partition coefficient (Wildman–Crippen LogP) is 7.77. The van der Waals surface area contributed by atoms with Gasteiger partial charge in [-0.15, -0.1) is 16.5 Å². The van der Waals surface area contributed by atoms with Gasteiger partial charge in [-0.1, -0.05) is 65.8 Å². The average molecular weight is 405 g/mol. The molecule has 3 rings (SSSR count). The zero-order chi connectivity index (χ0) is 21.2. The molecule has 3 nitrogen and oxygen atoms in total. The summed E-state index contributed by atoms with van der Waals surface area (Å²) >= 11 is 1.62. The Labute approximate surface area is 177 Å². The lowest BCUT2D eigenvalue weighted by atomic mass is 9.71. The first kappa shape index (κ1) is 21.1. The number of hydrogen-bond acceptors (Lipinski definition) is 4. The van der Waals surface area contributed by atoms with Crippen molar-refractivity contribution in [3.8, 4) is 0 Å². The van der Waals surface area contributed by atoms with Gasteiger partial charge in [0.2, 0.25) is 0 Å². The van der Waals surface area contributed by atoms with Crippen LogP contribution in [0.2, 0.25) is 0 Å². The van der Waals surface area contributed by atoms with E-state index in [0.29, 0.717) is 0 Å². The van der Waals surface area contributed by atoms with Gasteiger partial charge < -0.3 is 0 Å². The fourth-order valence-corrected chi connectivity index (χ4v) is 3.88. The Kier molecular flexibility index (Phi) is 5.85. The second-order valence-corrected chi connectivity index (χ2v) is 10.2. The molecular weight excluding hydrogens is 376 g/mol. The number of ketones is 1. The number of nitrogens with zero attached hydrogens (tertiary/aromatic N) is 2. The van der Waals surface area contributed by atoms with Crippen LogP contribution in [-0.4, -0.2) is 5.78 Å². The number of allylic oxidation sites excluding steroid dienone is 5. The normalized spacial score (nSPS) is 15.5. The van der Waals surface area contributed by atoms with E-state index in [2.05, 4.69) is 51.8 Å². The molecule has 0 radical (unpaired) electrons.